The highest BCUT2D eigenvalue weighted by atomic mass is 32.1. The SMILES string of the molecule is CCOc1ccc(-n2c(N)n[nH]c2=S)cc1. The maximum atomic E-state index is 5.69. The maximum absolute atomic E-state index is 5.69. The van der Waals surface area contributed by atoms with Gasteiger partial charge in [-0.25, -0.2) is 5.10 Å². The molecular weight excluding hydrogens is 224 g/mol. The van der Waals surface area contributed by atoms with Crippen molar-refractivity contribution in [1.29, 1.82) is 0 Å². The number of nitrogen functional groups attached to an aromatic ring is 1. The number of benzene rings is 1. The van der Waals surface area contributed by atoms with Crippen molar-refractivity contribution in [2.45, 2.75) is 6.92 Å². The summed E-state index contributed by atoms with van der Waals surface area (Å²) in [7, 11) is 0. The number of rotatable bonds is 3. The van der Waals surface area contributed by atoms with Crippen molar-refractivity contribution in [3.63, 3.8) is 0 Å². The minimum absolute atomic E-state index is 0.342. The van der Waals surface area contributed by atoms with E-state index in [4.69, 9.17) is 22.7 Å². The summed E-state index contributed by atoms with van der Waals surface area (Å²) in [5, 5.41) is 6.48. The molecule has 1 aromatic carbocycles. The van der Waals surface area contributed by atoms with Crippen molar-refractivity contribution >= 4 is 18.2 Å². The van der Waals surface area contributed by atoms with Gasteiger partial charge in [-0.3, -0.25) is 4.57 Å². The van der Waals surface area contributed by atoms with Crippen LogP contribution in [0.4, 0.5) is 5.95 Å². The Labute approximate surface area is 97.9 Å². The molecule has 2 rings (SSSR count). The zero-order valence-electron chi connectivity index (χ0n) is 8.80. The third-order valence-corrected chi connectivity index (χ3v) is 2.38. The van der Waals surface area contributed by atoms with E-state index in [9.17, 15) is 0 Å². The molecule has 2 aromatic rings. The summed E-state index contributed by atoms with van der Waals surface area (Å²) in [6, 6.07) is 7.50. The van der Waals surface area contributed by atoms with Crippen LogP contribution in [0.3, 0.4) is 0 Å². The lowest BCUT2D eigenvalue weighted by Gasteiger charge is -2.06. The number of hydrogen-bond donors (Lipinski definition) is 2. The van der Waals surface area contributed by atoms with Gasteiger partial charge in [-0.1, -0.05) is 0 Å². The molecule has 0 aliphatic carbocycles. The van der Waals surface area contributed by atoms with E-state index in [1.54, 1.807) is 4.57 Å². The van der Waals surface area contributed by atoms with Gasteiger partial charge >= 0.3 is 0 Å². The van der Waals surface area contributed by atoms with E-state index in [1.807, 2.05) is 31.2 Å². The monoisotopic (exact) mass is 236 g/mol. The molecule has 0 fully saturated rings. The summed E-state index contributed by atoms with van der Waals surface area (Å²) in [5.41, 5.74) is 6.55. The molecule has 3 N–H and O–H groups in total. The fourth-order valence-corrected chi connectivity index (χ4v) is 1.66. The molecule has 0 unspecified atom stereocenters. The van der Waals surface area contributed by atoms with Crippen molar-refractivity contribution in [1.82, 2.24) is 14.8 Å². The van der Waals surface area contributed by atoms with Gasteiger partial charge in [0.1, 0.15) is 5.75 Å². The first kappa shape index (κ1) is 10.7. The van der Waals surface area contributed by atoms with Crippen LogP contribution in [0.1, 0.15) is 6.92 Å². The number of nitrogens with one attached hydrogen (secondary N) is 1. The Morgan fingerprint density at radius 1 is 1.44 bits per heavy atom. The van der Waals surface area contributed by atoms with Crippen LogP contribution >= 0.6 is 12.2 Å². The zero-order chi connectivity index (χ0) is 11.5. The van der Waals surface area contributed by atoms with Crippen LogP contribution in [0.15, 0.2) is 24.3 Å². The number of anilines is 1. The third kappa shape index (κ3) is 1.92. The Morgan fingerprint density at radius 3 is 2.62 bits per heavy atom. The van der Waals surface area contributed by atoms with Gasteiger partial charge in [0.25, 0.3) is 0 Å². The number of hydrogen-bond acceptors (Lipinski definition) is 4. The highest BCUT2D eigenvalue weighted by molar-refractivity contribution is 7.71. The summed E-state index contributed by atoms with van der Waals surface area (Å²) >= 11 is 5.07. The molecular formula is C10H12N4OS. The van der Waals surface area contributed by atoms with Gasteiger partial charge in [-0.05, 0) is 43.4 Å². The molecule has 0 bridgehead atoms. The van der Waals surface area contributed by atoms with Gasteiger partial charge in [0.2, 0.25) is 10.7 Å². The minimum Gasteiger partial charge on any atom is -0.494 e. The van der Waals surface area contributed by atoms with Crippen LogP contribution in [-0.4, -0.2) is 21.4 Å². The topological polar surface area (TPSA) is 68.9 Å². The Morgan fingerprint density at radius 2 is 2.12 bits per heavy atom. The number of H-pyrrole nitrogens is 1. The second kappa shape index (κ2) is 4.36. The molecule has 84 valence electrons. The Hall–Kier alpha value is -1.82. The van der Waals surface area contributed by atoms with Crippen LogP contribution in [0, 0.1) is 4.77 Å². The van der Waals surface area contributed by atoms with Crippen molar-refractivity contribution < 1.29 is 4.74 Å². The second-order valence-corrected chi connectivity index (χ2v) is 3.54. The summed E-state index contributed by atoms with van der Waals surface area (Å²) in [6.45, 7) is 2.59. The van der Waals surface area contributed by atoms with Gasteiger partial charge in [0, 0.05) is 0 Å². The molecule has 0 amide bonds. The quantitative estimate of drug-likeness (QED) is 0.799. The van der Waals surface area contributed by atoms with Crippen LogP contribution in [0.5, 0.6) is 5.75 Å². The van der Waals surface area contributed by atoms with Crippen LogP contribution in [0.2, 0.25) is 0 Å². The first-order valence-corrected chi connectivity index (χ1v) is 5.29. The molecule has 6 heteroatoms. The van der Waals surface area contributed by atoms with E-state index in [1.165, 1.54) is 0 Å². The van der Waals surface area contributed by atoms with Gasteiger partial charge in [-0.15, -0.1) is 5.10 Å². The summed E-state index contributed by atoms with van der Waals surface area (Å²) in [5.74, 6) is 1.16. The van der Waals surface area contributed by atoms with Crippen molar-refractivity contribution in [2.24, 2.45) is 0 Å². The Kier molecular flexibility index (Phi) is 2.91. The molecule has 5 nitrogen and oxygen atoms in total. The average Bonchev–Trinajstić information content (AvgIpc) is 2.61. The average molecular weight is 236 g/mol. The summed E-state index contributed by atoms with van der Waals surface area (Å²) < 4.78 is 7.48. The Balaban J connectivity index is 2.39. The lowest BCUT2D eigenvalue weighted by Crippen LogP contribution is -2.00. The standard InChI is InChI=1S/C10H12N4OS/c1-2-15-8-5-3-7(4-6-8)14-9(11)12-13-10(14)16/h3-6H,2H2,1H3,(H2,11,12)(H,13,16). The van der Waals surface area contributed by atoms with E-state index >= 15 is 0 Å². The van der Waals surface area contributed by atoms with Gasteiger partial charge in [0.15, 0.2) is 0 Å². The van der Waals surface area contributed by atoms with E-state index in [0.717, 1.165) is 11.4 Å². The molecule has 1 aromatic heterocycles. The van der Waals surface area contributed by atoms with Crippen LogP contribution in [-0.2, 0) is 0 Å². The number of aromatic nitrogens is 3. The van der Waals surface area contributed by atoms with Gasteiger partial charge in [0.05, 0.1) is 12.3 Å². The number of ether oxygens (including phenoxy) is 1. The van der Waals surface area contributed by atoms with Crippen LogP contribution in [0.25, 0.3) is 5.69 Å². The summed E-state index contributed by atoms with van der Waals surface area (Å²) in [4.78, 5) is 0. The first-order valence-electron chi connectivity index (χ1n) is 4.88. The molecule has 16 heavy (non-hydrogen) atoms. The third-order valence-electron chi connectivity index (χ3n) is 2.10. The zero-order valence-corrected chi connectivity index (χ0v) is 9.62. The van der Waals surface area contributed by atoms with E-state index < -0.39 is 0 Å². The molecule has 1 heterocycles. The van der Waals surface area contributed by atoms with Crippen molar-refractivity contribution in [2.75, 3.05) is 12.3 Å². The lowest BCUT2D eigenvalue weighted by atomic mass is 10.3. The van der Waals surface area contributed by atoms with E-state index in [-0.39, 0.29) is 0 Å². The predicted octanol–water partition coefficient (Wildman–Crippen LogP) is 1.91. The largest absolute Gasteiger partial charge is 0.494 e. The molecule has 0 aliphatic heterocycles. The normalized spacial score (nSPS) is 10.3. The fourth-order valence-electron chi connectivity index (χ4n) is 1.42. The van der Waals surface area contributed by atoms with Gasteiger partial charge < -0.3 is 10.5 Å². The molecule has 0 radical (unpaired) electrons. The predicted molar refractivity (Wildman–Crippen MR) is 64.3 cm³/mol. The summed E-state index contributed by atoms with van der Waals surface area (Å²) in [6.07, 6.45) is 0. The maximum Gasteiger partial charge on any atom is 0.225 e. The smallest absolute Gasteiger partial charge is 0.225 e. The number of aromatic amines is 1. The molecule has 0 aliphatic rings. The highest BCUT2D eigenvalue weighted by Crippen LogP contribution is 2.17. The Bertz CT molecular complexity index is 528. The molecule has 0 saturated heterocycles. The van der Waals surface area contributed by atoms with Gasteiger partial charge in [-0.2, -0.15) is 0 Å². The van der Waals surface area contributed by atoms with E-state index in [2.05, 4.69) is 10.2 Å². The minimum atomic E-state index is 0.342. The molecule has 0 atom stereocenters. The first-order chi connectivity index (χ1) is 7.72. The van der Waals surface area contributed by atoms with Crippen molar-refractivity contribution in [3.05, 3.63) is 29.0 Å². The molecule has 0 spiro atoms. The molecule has 0 saturated carbocycles. The lowest BCUT2D eigenvalue weighted by molar-refractivity contribution is 0.340. The van der Waals surface area contributed by atoms with Crippen LogP contribution < -0.4 is 10.5 Å². The number of nitrogens with two attached hydrogens (primary N) is 1. The van der Waals surface area contributed by atoms with Crippen molar-refractivity contribution in [3.8, 4) is 11.4 Å². The fraction of sp³-hybridized carbons (Fsp3) is 0.200. The number of nitrogens with zero attached hydrogens (tertiary/aromatic N) is 2. The van der Waals surface area contributed by atoms with E-state index in [0.29, 0.717) is 17.3 Å². The second-order valence-electron chi connectivity index (χ2n) is 3.15. The highest BCUT2D eigenvalue weighted by Gasteiger charge is 2.04.